The summed E-state index contributed by atoms with van der Waals surface area (Å²) in [5.74, 6) is 0.0999. The molecule has 0 bridgehead atoms. The van der Waals surface area contributed by atoms with Gasteiger partial charge in [0.15, 0.2) is 0 Å². The molecule has 2 atom stereocenters. The summed E-state index contributed by atoms with van der Waals surface area (Å²) in [5, 5.41) is 8.60. The van der Waals surface area contributed by atoms with E-state index < -0.39 is 5.92 Å². The van der Waals surface area contributed by atoms with Gasteiger partial charge in [0.25, 0.3) is 0 Å². The van der Waals surface area contributed by atoms with Crippen LogP contribution in [0.2, 0.25) is 0 Å². The first-order valence-corrected chi connectivity index (χ1v) is 4.83. The molecule has 0 aliphatic carbocycles. The van der Waals surface area contributed by atoms with E-state index in [4.69, 9.17) is 5.26 Å². The summed E-state index contributed by atoms with van der Waals surface area (Å²) in [6.45, 7) is 5.47. The minimum Gasteiger partial charge on any atom is -0.341 e. The van der Waals surface area contributed by atoms with Gasteiger partial charge in [-0.3, -0.25) is 4.79 Å². The lowest BCUT2D eigenvalue weighted by molar-refractivity contribution is -0.135. The van der Waals surface area contributed by atoms with E-state index in [1.54, 1.807) is 6.92 Å². The highest BCUT2D eigenvalue weighted by Crippen LogP contribution is 2.17. The fourth-order valence-electron chi connectivity index (χ4n) is 1.72. The molecule has 1 amide bonds. The van der Waals surface area contributed by atoms with Gasteiger partial charge < -0.3 is 4.90 Å². The Bertz CT molecular complexity index is 232. The number of nitriles is 1. The predicted molar refractivity (Wildman–Crippen MR) is 49.8 cm³/mol. The second-order valence-corrected chi connectivity index (χ2v) is 3.88. The third-order valence-corrected chi connectivity index (χ3v) is 2.53. The van der Waals surface area contributed by atoms with Crippen LogP contribution >= 0.6 is 0 Å². The van der Waals surface area contributed by atoms with Gasteiger partial charge in [-0.1, -0.05) is 6.92 Å². The van der Waals surface area contributed by atoms with Crippen LogP contribution in [0.4, 0.5) is 0 Å². The van der Waals surface area contributed by atoms with Crippen LogP contribution in [0.3, 0.4) is 0 Å². The number of likely N-dealkylation sites (tertiary alicyclic amines) is 1. The molecule has 0 aromatic heterocycles. The molecule has 0 saturated carbocycles. The Labute approximate surface area is 79.3 Å². The molecule has 0 aromatic carbocycles. The standard InChI is InChI=1S/C10H16N2O/c1-8-4-3-5-12(7-8)10(13)9(2)6-11/h8-9H,3-5,7H2,1-2H3. The number of rotatable bonds is 1. The number of nitrogens with zero attached hydrogens (tertiary/aromatic N) is 2. The van der Waals surface area contributed by atoms with E-state index in [0.29, 0.717) is 5.92 Å². The maximum Gasteiger partial charge on any atom is 0.239 e. The topological polar surface area (TPSA) is 44.1 Å². The first-order valence-electron chi connectivity index (χ1n) is 4.83. The van der Waals surface area contributed by atoms with Crippen molar-refractivity contribution in [2.75, 3.05) is 13.1 Å². The molecular formula is C10H16N2O. The Morgan fingerprint density at radius 3 is 2.92 bits per heavy atom. The summed E-state index contributed by atoms with van der Waals surface area (Å²) in [4.78, 5) is 13.4. The van der Waals surface area contributed by atoms with Crippen molar-refractivity contribution in [3.8, 4) is 6.07 Å². The highest BCUT2D eigenvalue weighted by molar-refractivity contribution is 5.80. The number of carbonyl (C=O) groups is 1. The third-order valence-electron chi connectivity index (χ3n) is 2.53. The Balaban J connectivity index is 2.52. The zero-order valence-corrected chi connectivity index (χ0v) is 8.29. The van der Waals surface area contributed by atoms with E-state index in [9.17, 15) is 4.79 Å². The van der Waals surface area contributed by atoms with Crippen molar-refractivity contribution >= 4 is 5.91 Å². The van der Waals surface area contributed by atoms with E-state index >= 15 is 0 Å². The Kier molecular flexibility index (Phi) is 3.30. The van der Waals surface area contributed by atoms with Crippen LogP contribution in [0, 0.1) is 23.2 Å². The predicted octanol–water partition coefficient (Wildman–Crippen LogP) is 1.40. The van der Waals surface area contributed by atoms with Crippen molar-refractivity contribution in [1.82, 2.24) is 4.90 Å². The molecule has 3 heteroatoms. The largest absolute Gasteiger partial charge is 0.341 e. The molecule has 1 heterocycles. The molecule has 1 fully saturated rings. The molecule has 72 valence electrons. The van der Waals surface area contributed by atoms with Gasteiger partial charge in [0.2, 0.25) is 5.91 Å². The lowest BCUT2D eigenvalue weighted by Crippen LogP contribution is -2.41. The quantitative estimate of drug-likeness (QED) is 0.612. The molecule has 0 radical (unpaired) electrons. The highest BCUT2D eigenvalue weighted by Gasteiger charge is 2.24. The van der Waals surface area contributed by atoms with Crippen LogP contribution in [-0.4, -0.2) is 23.9 Å². The molecule has 1 rings (SSSR count). The van der Waals surface area contributed by atoms with Crippen molar-refractivity contribution in [3.05, 3.63) is 0 Å². The summed E-state index contributed by atoms with van der Waals surface area (Å²) in [5.41, 5.74) is 0. The zero-order chi connectivity index (χ0) is 9.84. The number of hydrogen-bond donors (Lipinski definition) is 0. The summed E-state index contributed by atoms with van der Waals surface area (Å²) >= 11 is 0. The van der Waals surface area contributed by atoms with Crippen LogP contribution in [0.25, 0.3) is 0 Å². The number of amides is 1. The van der Waals surface area contributed by atoms with E-state index in [0.717, 1.165) is 19.5 Å². The summed E-state index contributed by atoms with van der Waals surface area (Å²) < 4.78 is 0. The molecule has 2 unspecified atom stereocenters. The number of hydrogen-bond acceptors (Lipinski definition) is 2. The minimum atomic E-state index is -0.481. The van der Waals surface area contributed by atoms with Gasteiger partial charge in [-0.15, -0.1) is 0 Å². The van der Waals surface area contributed by atoms with Crippen LogP contribution in [0.1, 0.15) is 26.7 Å². The maximum atomic E-state index is 11.6. The molecule has 0 aromatic rings. The first kappa shape index (κ1) is 10.0. The molecule has 13 heavy (non-hydrogen) atoms. The van der Waals surface area contributed by atoms with E-state index in [2.05, 4.69) is 6.92 Å². The summed E-state index contributed by atoms with van der Waals surface area (Å²) in [6.07, 6.45) is 2.27. The van der Waals surface area contributed by atoms with Gasteiger partial charge in [0.05, 0.1) is 6.07 Å². The van der Waals surface area contributed by atoms with Crippen LogP contribution in [-0.2, 0) is 4.79 Å². The molecule has 1 aliphatic heterocycles. The van der Waals surface area contributed by atoms with E-state index in [1.807, 2.05) is 11.0 Å². The molecule has 1 saturated heterocycles. The van der Waals surface area contributed by atoms with E-state index in [-0.39, 0.29) is 5.91 Å². The molecular weight excluding hydrogens is 164 g/mol. The SMILES string of the molecule is CC1CCCN(C(=O)C(C)C#N)C1. The highest BCUT2D eigenvalue weighted by atomic mass is 16.2. The monoisotopic (exact) mass is 180 g/mol. The maximum absolute atomic E-state index is 11.6. The average Bonchev–Trinajstić information content (AvgIpc) is 2.15. The van der Waals surface area contributed by atoms with Gasteiger partial charge in [0.1, 0.15) is 5.92 Å². The summed E-state index contributed by atoms with van der Waals surface area (Å²) in [7, 11) is 0. The second-order valence-electron chi connectivity index (χ2n) is 3.88. The van der Waals surface area contributed by atoms with Crippen LogP contribution in [0.15, 0.2) is 0 Å². The smallest absolute Gasteiger partial charge is 0.239 e. The van der Waals surface area contributed by atoms with Crippen molar-refractivity contribution in [1.29, 1.82) is 5.26 Å². The molecule has 0 spiro atoms. The third kappa shape index (κ3) is 2.45. The summed E-state index contributed by atoms with van der Waals surface area (Å²) in [6, 6.07) is 1.99. The number of carbonyl (C=O) groups excluding carboxylic acids is 1. The van der Waals surface area contributed by atoms with Crippen molar-refractivity contribution in [2.24, 2.45) is 11.8 Å². The fourth-order valence-corrected chi connectivity index (χ4v) is 1.72. The average molecular weight is 180 g/mol. The fraction of sp³-hybridized carbons (Fsp3) is 0.800. The zero-order valence-electron chi connectivity index (χ0n) is 8.29. The van der Waals surface area contributed by atoms with Crippen LogP contribution < -0.4 is 0 Å². The first-order chi connectivity index (χ1) is 6.15. The Morgan fingerprint density at radius 1 is 1.69 bits per heavy atom. The van der Waals surface area contributed by atoms with E-state index in [1.165, 1.54) is 6.42 Å². The lowest BCUT2D eigenvalue weighted by atomic mass is 9.99. The molecule has 1 aliphatic rings. The van der Waals surface area contributed by atoms with Gasteiger partial charge in [0, 0.05) is 13.1 Å². The van der Waals surface area contributed by atoms with Crippen LogP contribution in [0.5, 0.6) is 0 Å². The Hall–Kier alpha value is -1.04. The van der Waals surface area contributed by atoms with Crippen molar-refractivity contribution < 1.29 is 4.79 Å². The van der Waals surface area contributed by atoms with Crippen molar-refractivity contribution in [3.63, 3.8) is 0 Å². The normalized spacial score (nSPS) is 25.0. The Morgan fingerprint density at radius 2 is 2.38 bits per heavy atom. The molecule has 0 N–H and O–H groups in total. The minimum absolute atomic E-state index is 0.00551. The van der Waals surface area contributed by atoms with Gasteiger partial charge in [-0.25, -0.2) is 0 Å². The van der Waals surface area contributed by atoms with Gasteiger partial charge >= 0.3 is 0 Å². The van der Waals surface area contributed by atoms with Crippen molar-refractivity contribution in [2.45, 2.75) is 26.7 Å². The van der Waals surface area contributed by atoms with Gasteiger partial charge in [-0.2, -0.15) is 5.26 Å². The van der Waals surface area contributed by atoms with Gasteiger partial charge in [-0.05, 0) is 25.7 Å². The second kappa shape index (κ2) is 4.27. The lowest BCUT2D eigenvalue weighted by Gasteiger charge is -2.31. The number of piperidine rings is 1. The molecule has 3 nitrogen and oxygen atoms in total.